The third-order valence-electron chi connectivity index (χ3n) is 4.82. The van der Waals surface area contributed by atoms with Crippen molar-refractivity contribution >= 4 is 0 Å². The van der Waals surface area contributed by atoms with Crippen LogP contribution in [0.3, 0.4) is 0 Å². The van der Waals surface area contributed by atoms with E-state index in [2.05, 4.69) is 29.5 Å². The molecule has 0 saturated carbocycles. The second-order valence-electron chi connectivity index (χ2n) is 6.95. The van der Waals surface area contributed by atoms with Crippen molar-refractivity contribution < 1.29 is 17.7 Å². The number of pyridine rings is 1. The number of imidazole rings is 1. The summed E-state index contributed by atoms with van der Waals surface area (Å²) in [5.74, 6) is -1.27. The number of aromatic nitrogens is 5. The first-order valence-corrected chi connectivity index (χ1v) is 8.96. The molecule has 28 heavy (non-hydrogen) atoms. The summed E-state index contributed by atoms with van der Waals surface area (Å²) in [5.41, 5.74) is 2.17. The number of aryl methyl sites for hydroxylation is 1. The normalized spacial score (nSPS) is 16.6. The summed E-state index contributed by atoms with van der Waals surface area (Å²) in [6, 6.07) is 5.25. The van der Waals surface area contributed by atoms with Crippen molar-refractivity contribution in [2.24, 2.45) is 7.05 Å². The molecule has 0 amide bonds. The molecule has 7 nitrogen and oxygen atoms in total. The van der Waals surface area contributed by atoms with Crippen molar-refractivity contribution in [3.8, 4) is 11.5 Å². The number of hydrogen-bond acceptors (Lipinski definition) is 6. The fourth-order valence-electron chi connectivity index (χ4n) is 3.41. The second-order valence-corrected chi connectivity index (χ2v) is 6.95. The molecule has 10 heteroatoms. The van der Waals surface area contributed by atoms with Gasteiger partial charge in [-0.3, -0.25) is 4.90 Å². The van der Waals surface area contributed by atoms with Crippen LogP contribution in [-0.4, -0.2) is 42.7 Å². The average molecular weight is 392 g/mol. The Hall–Kier alpha value is -2.75. The minimum atomic E-state index is -4.66. The van der Waals surface area contributed by atoms with Crippen LogP contribution in [-0.2, 0) is 19.8 Å². The van der Waals surface area contributed by atoms with Gasteiger partial charge in [0.25, 0.3) is 0 Å². The number of piperidine rings is 1. The molecule has 4 rings (SSSR count). The predicted octanol–water partition coefficient (Wildman–Crippen LogP) is 3.26. The van der Waals surface area contributed by atoms with Gasteiger partial charge in [0, 0.05) is 31.4 Å². The Morgan fingerprint density at radius 1 is 1.18 bits per heavy atom. The number of rotatable bonds is 4. The first kappa shape index (κ1) is 18.6. The molecule has 4 heterocycles. The molecule has 1 fully saturated rings. The van der Waals surface area contributed by atoms with Crippen LogP contribution in [0.1, 0.15) is 36.0 Å². The van der Waals surface area contributed by atoms with E-state index in [1.807, 2.05) is 23.9 Å². The van der Waals surface area contributed by atoms with Crippen LogP contribution < -0.4 is 0 Å². The third kappa shape index (κ3) is 4.06. The van der Waals surface area contributed by atoms with E-state index in [4.69, 9.17) is 0 Å². The van der Waals surface area contributed by atoms with Crippen molar-refractivity contribution in [1.29, 1.82) is 0 Å². The van der Waals surface area contributed by atoms with Gasteiger partial charge in [-0.1, -0.05) is 11.2 Å². The van der Waals surface area contributed by atoms with E-state index in [1.54, 1.807) is 18.5 Å². The van der Waals surface area contributed by atoms with E-state index in [0.29, 0.717) is 0 Å². The number of nitrogens with zero attached hydrogens (tertiary/aromatic N) is 6. The standard InChI is InChI=1S/C18H19F3N6O/c1-26-9-13(22-11-26)10-27-7-5-12(6-8-27)14-3-2-4-15(23-14)16-24-17(28-25-16)18(19,20)21/h2-4,9,11-12H,5-8,10H2,1H3. The summed E-state index contributed by atoms with van der Waals surface area (Å²) in [6.45, 7) is 2.63. The summed E-state index contributed by atoms with van der Waals surface area (Å²) in [7, 11) is 1.95. The van der Waals surface area contributed by atoms with Crippen LogP contribution in [0.4, 0.5) is 13.2 Å². The Labute approximate surface area is 159 Å². The molecule has 1 aliphatic heterocycles. The first-order chi connectivity index (χ1) is 13.4. The maximum Gasteiger partial charge on any atom is 0.471 e. The summed E-state index contributed by atoms with van der Waals surface area (Å²) in [6.07, 6.45) is 0.979. The maximum absolute atomic E-state index is 12.7. The van der Waals surface area contributed by atoms with Gasteiger partial charge in [0.1, 0.15) is 5.69 Å². The van der Waals surface area contributed by atoms with Crippen molar-refractivity contribution in [2.45, 2.75) is 31.5 Å². The number of alkyl halides is 3. The molecular formula is C18H19F3N6O. The lowest BCUT2D eigenvalue weighted by molar-refractivity contribution is -0.159. The lowest BCUT2D eigenvalue weighted by Crippen LogP contribution is -2.32. The van der Waals surface area contributed by atoms with E-state index < -0.39 is 12.1 Å². The minimum Gasteiger partial charge on any atom is -0.340 e. The zero-order valence-corrected chi connectivity index (χ0v) is 15.2. The van der Waals surface area contributed by atoms with Crippen LogP contribution in [0.25, 0.3) is 11.5 Å². The number of likely N-dealkylation sites (tertiary alicyclic amines) is 1. The smallest absolute Gasteiger partial charge is 0.340 e. The summed E-state index contributed by atoms with van der Waals surface area (Å²) in [5, 5.41) is 3.41. The lowest BCUT2D eigenvalue weighted by atomic mass is 9.93. The summed E-state index contributed by atoms with van der Waals surface area (Å²) >= 11 is 0. The molecule has 0 aliphatic carbocycles. The molecule has 0 N–H and O–H groups in total. The third-order valence-corrected chi connectivity index (χ3v) is 4.82. The average Bonchev–Trinajstić information content (AvgIpc) is 3.32. The molecule has 0 aromatic carbocycles. The van der Waals surface area contributed by atoms with Gasteiger partial charge in [0.2, 0.25) is 5.82 Å². The Kier molecular flexibility index (Phi) is 4.88. The molecular weight excluding hydrogens is 373 g/mol. The van der Waals surface area contributed by atoms with Gasteiger partial charge in [-0.25, -0.2) is 9.97 Å². The van der Waals surface area contributed by atoms with Gasteiger partial charge in [0.15, 0.2) is 0 Å². The van der Waals surface area contributed by atoms with Gasteiger partial charge in [-0.2, -0.15) is 18.2 Å². The van der Waals surface area contributed by atoms with E-state index in [0.717, 1.165) is 43.9 Å². The topological polar surface area (TPSA) is 72.9 Å². The zero-order chi connectivity index (χ0) is 19.7. The zero-order valence-electron chi connectivity index (χ0n) is 15.2. The Morgan fingerprint density at radius 2 is 1.96 bits per heavy atom. The summed E-state index contributed by atoms with van der Waals surface area (Å²) in [4.78, 5) is 14.6. The van der Waals surface area contributed by atoms with Gasteiger partial charge < -0.3 is 9.09 Å². The molecule has 0 radical (unpaired) electrons. The largest absolute Gasteiger partial charge is 0.471 e. The molecule has 1 saturated heterocycles. The monoisotopic (exact) mass is 392 g/mol. The van der Waals surface area contributed by atoms with Crippen LogP contribution in [0.2, 0.25) is 0 Å². The Morgan fingerprint density at radius 3 is 2.61 bits per heavy atom. The highest BCUT2D eigenvalue weighted by Crippen LogP contribution is 2.31. The second kappa shape index (κ2) is 7.34. The molecule has 0 atom stereocenters. The number of hydrogen-bond donors (Lipinski definition) is 0. The van der Waals surface area contributed by atoms with Crippen LogP contribution in [0, 0.1) is 0 Å². The van der Waals surface area contributed by atoms with E-state index >= 15 is 0 Å². The fraction of sp³-hybridized carbons (Fsp3) is 0.444. The fourth-order valence-corrected chi connectivity index (χ4v) is 3.41. The molecule has 148 valence electrons. The molecule has 1 aliphatic rings. The van der Waals surface area contributed by atoms with Crippen molar-refractivity contribution in [1.82, 2.24) is 29.6 Å². The van der Waals surface area contributed by atoms with Gasteiger partial charge in [0.05, 0.1) is 12.0 Å². The first-order valence-electron chi connectivity index (χ1n) is 8.96. The van der Waals surface area contributed by atoms with E-state index in [9.17, 15) is 13.2 Å². The van der Waals surface area contributed by atoms with Gasteiger partial charge in [-0.05, 0) is 38.1 Å². The highest BCUT2D eigenvalue weighted by atomic mass is 19.4. The lowest BCUT2D eigenvalue weighted by Gasteiger charge is -2.31. The highest BCUT2D eigenvalue weighted by Gasteiger charge is 2.38. The van der Waals surface area contributed by atoms with Crippen molar-refractivity contribution in [2.75, 3.05) is 13.1 Å². The van der Waals surface area contributed by atoms with Crippen LogP contribution >= 0.6 is 0 Å². The summed E-state index contributed by atoms with van der Waals surface area (Å²) < 4.78 is 44.2. The molecule has 3 aromatic heterocycles. The molecule has 0 spiro atoms. The predicted molar refractivity (Wildman–Crippen MR) is 93.0 cm³/mol. The molecule has 0 unspecified atom stereocenters. The number of halogens is 3. The Bertz CT molecular complexity index is 943. The van der Waals surface area contributed by atoms with Crippen LogP contribution in [0.5, 0.6) is 0 Å². The van der Waals surface area contributed by atoms with Crippen molar-refractivity contribution in [3.63, 3.8) is 0 Å². The quantitative estimate of drug-likeness (QED) is 0.679. The molecule has 0 bridgehead atoms. The van der Waals surface area contributed by atoms with Gasteiger partial charge >= 0.3 is 12.1 Å². The van der Waals surface area contributed by atoms with Crippen molar-refractivity contribution in [3.05, 3.63) is 48.0 Å². The minimum absolute atomic E-state index is 0.151. The highest BCUT2D eigenvalue weighted by molar-refractivity contribution is 5.48. The maximum atomic E-state index is 12.7. The molecule has 3 aromatic rings. The van der Waals surface area contributed by atoms with E-state index in [1.165, 1.54) is 0 Å². The van der Waals surface area contributed by atoms with Crippen LogP contribution in [0.15, 0.2) is 35.2 Å². The van der Waals surface area contributed by atoms with E-state index in [-0.39, 0.29) is 17.4 Å². The Balaban J connectivity index is 1.42. The van der Waals surface area contributed by atoms with Gasteiger partial charge in [-0.15, -0.1) is 0 Å². The SMILES string of the molecule is Cn1cnc(CN2CCC(c3cccc(-c4noc(C(F)(F)F)n4)n3)CC2)c1.